The first-order chi connectivity index (χ1) is 7.99. The van der Waals surface area contributed by atoms with E-state index < -0.39 is 0 Å². The average Bonchev–Trinajstić information content (AvgIpc) is 2.37. The molecule has 0 aromatic heterocycles. The van der Waals surface area contributed by atoms with Crippen LogP contribution in [0, 0.1) is 11.3 Å². The number of hydrogen-bond donors (Lipinski definition) is 1. The van der Waals surface area contributed by atoms with Crippen molar-refractivity contribution in [3.63, 3.8) is 0 Å². The van der Waals surface area contributed by atoms with Crippen molar-refractivity contribution in [3.05, 3.63) is 0 Å². The molecule has 0 radical (unpaired) electrons. The van der Waals surface area contributed by atoms with Gasteiger partial charge < -0.3 is 9.84 Å². The molecule has 0 saturated heterocycles. The zero-order valence-corrected chi connectivity index (χ0v) is 12.1. The highest BCUT2D eigenvalue weighted by molar-refractivity contribution is 4.91. The molecule has 0 atom stereocenters. The third-order valence-corrected chi connectivity index (χ3v) is 4.81. The van der Waals surface area contributed by atoms with Gasteiger partial charge in [0, 0.05) is 6.61 Å². The lowest BCUT2D eigenvalue weighted by atomic mass is 9.66. The van der Waals surface area contributed by atoms with Crippen LogP contribution in [0.2, 0.25) is 0 Å². The molecule has 102 valence electrons. The topological polar surface area (TPSA) is 29.5 Å². The Morgan fingerprint density at radius 2 is 1.82 bits per heavy atom. The summed E-state index contributed by atoms with van der Waals surface area (Å²) < 4.78 is 5.91. The summed E-state index contributed by atoms with van der Waals surface area (Å²) in [7, 11) is 0. The van der Waals surface area contributed by atoms with Crippen molar-refractivity contribution in [3.8, 4) is 0 Å². The monoisotopic (exact) mass is 242 g/mol. The first-order valence-corrected chi connectivity index (χ1v) is 7.24. The third kappa shape index (κ3) is 3.69. The molecule has 1 rings (SSSR count). The maximum Gasteiger partial charge on any atom is 0.0912 e. The minimum atomic E-state index is -0.226. The first-order valence-electron chi connectivity index (χ1n) is 7.24. The van der Waals surface area contributed by atoms with Gasteiger partial charge in [-0.3, -0.25) is 0 Å². The van der Waals surface area contributed by atoms with Gasteiger partial charge in [0.1, 0.15) is 0 Å². The van der Waals surface area contributed by atoms with Gasteiger partial charge in [0.05, 0.1) is 12.2 Å². The minimum Gasteiger partial charge on any atom is -0.393 e. The fourth-order valence-electron chi connectivity index (χ4n) is 2.88. The summed E-state index contributed by atoms with van der Waals surface area (Å²) in [4.78, 5) is 0. The van der Waals surface area contributed by atoms with Gasteiger partial charge in [0.25, 0.3) is 0 Å². The van der Waals surface area contributed by atoms with Crippen molar-refractivity contribution >= 4 is 0 Å². The predicted molar refractivity (Wildman–Crippen MR) is 72.1 cm³/mol. The summed E-state index contributed by atoms with van der Waals surface area (Å²) >= 11 is 0. The van der Waals surface area contributed by atoms with Crippen LogP contribution in [0.1, 0.15) is 66.2 Å². The van der Waals surface area contributed by atoms with E-state index in [2.05, 4.69) is 27.7 Å². The van der Waals surface area contributed by atoms with Gasteiger partial charge in [-0.25, -0.2) is 0 Å². The number of ether oxygens (including phenoxy) is 1. The number of rotatable bonds is 6. The highest BCUT2D eigenvalue weighted by Crippen LogP contribution is 2.44. The van der Waals surface area contributed by atoms with Crippen molar-refractivity contribution in [2.24, 2.45) is 11.3 Å². The zero-order valence-electron chi connectivity index (χ0n) is 12.1. The highest BCUT2D eigenvalue weighted by atomic mass is 16.5. The average molecular weight is 242 g/mol. The Labute approximate surface area is 107 Å². The Bertz CT molecular complexity index is 215. The van der Waals surface area contributed by atoms with Crippen LogP contribution >= 0.6 is 0 Å². The summed E-state index contributed by atoms with van der Waals surface area (Å²) in [5, 5.41) is 9.59. The molecule has 0 aliphatic heterocycles. The van der Waals surface area contributed by atoms with Crippen LogP contribution in [-0.4, -0.2) is 23.9 Å². The molecule has 0 amide bonds. The van der Waals surface area contributed by atoms with E-state index in [1.54, 1.807) is 0 Å². The van der Waals surface area contributed by atoms with Gasteiger partial charge in [-0.2, -0.15) is 0 Å². The standard InChI is InChI=1S/C15H30O2/c1-5-11-17-15(12-16)9-7-13(8-10-15)14(3,4)6-2/h13,16H,5-12H2,1-4H3. The van der Waals surface area contributed by atoms with Gasteiger partial charge in [-0.1, -0.05) is 34.1 Å². The molecule has 0 aromatic carbocycles. The predicted octanol–water partition coefficient (Wildman–Crippen LogP) is 3.77. The SMILES string of the molecule is CCCOC1(CO)CCC(C(C)(C)CC)CC1. The van der Waals surface area contributed by atoms with E-state index in [1.165, 1.54) is 19.3 Å². The lowest BCUT2D eigenvalue weighted by Gasteiger charge is -2.44. The molecule has 0 aromatic rings. The van der Waals surface area contributed by atoms with E-state index in [4.69, 9.17) is 4.74 Å². The fraction of sp³-hybridized carbons (Fsp3) is 1.00. The maximum absolute atomic E-state index is 9.59. The van der Waals surface area contributed by atoms with E-state index in [9.17, 15) is 5.11 Å². The van der Waals surface area contributed by atoms with Crippen LogP contribution in [-0.2, 0) is 4.74 Å². The van der Waals surface area contributed by atoms with Gasteiger partial charge in [-0.15, -0.1) is 0 Å². The van der Waals surface area contributed by atoms with Crippen LogP contribution in [0.15, 0.2) is 0 Å². The Kier molecular flexibility index (Phi) is 5.46. The van der Waals surface area contributed by atoms with Gasteiger partial charge in [0.15, 0.2) is 0 Å². The Balaban J connectivity index is 2.53. The number of aliphatic hydroxyl groups is 1. The normalized spacial score (nSPS) is 30.5. The third-order valence-electron chi connectivity index (χ3n) is 4.81. The molecule has 0 bridgehead atoms. The summed E-state index contributed by atoms with van der Waals surface area (Å²) in [6, 6.07) is 0. The van der Waals surface area contributed by atoms with Crippen molar-refractivity contribution in [1.29, 1.82) is 0 Å². The molecule has 2 heteroatoms. The van der Waals surface area contributed by atoms with E-state index >= 15 is 0 Å². The molecule has 1 saturated carbocycles. The van der Waals surface area contributed by atoms with Crippen molar-refractivity contribution in [1.82, 2.24) is 0 Å². The van der Waals surface area contributed by atoms with E-state index in [0.717, 1.165) is 31.8 Å². The molecule has 2 nitrogen and oxygen atoms in total. The maximum atomic E-state index is 9.59. The van der Waals surface area contributed by atoms with Crippen molar-refractivity contribution in [2.75, 3.05) is 13.2 Å². The fourth-order valence-corrected chi connectivity index (χ4v) is 2.88. The van der Waals surface area contributed by atoms with Crippen LogP contribution in [0.25, 0.3) is 0 Å². The number of hydrogen-bond acceptors (Lipinski definition) is 2. The Morgan fingerprint density at radius 1 is 1.24 bits per heavy atom. The summed E-state index contributed by atoms with van der Waals surface area (Å²) in [5.41, 5.74) is 0.211. The summed E-state index contributed by atoms with van der Waals surface area (Å²) in [6.07, 6.45) is 6.72. The van der Waals surface area contributed by atoms with Crippen LogP contribution in [0.3, 0.4) is 0 Å². The van der Waals surface area contributed by atoms with Gasteiger partial charge >= 0.3 is 0 Å². The minimum absolute atomic E-state index is 0.187. The lowest BCUT2D eigenvalue weighted by Crippen LogP contribution is -2.43. The summed E-state index contributed by atoms with van der Waals surface area (Å²) in [5.74, 6) is 0.789. The second-order valence-electron chi connectivity index (χ2n) is 6.31. The lowest BCUT2D eigenvalue weighted by molar-refractivity contribution is -0.114. The van der Waals surface area contributed by atoms with Crippen LogP contribution in [0.5, 0.6) is 0 Å². The smallest absolute Gasteiger partial charge is 0.0912 e. The molecular weight excluding hydrogens is 212 g/mol. The zero-order chi connectivity index (χ0) is 12.9. The highest BCUT2D eigenvalue weighted by Gasteiger charge is 2.39. The van der Waals surface area contributed by atoms with Crippen molar-refractivity contribution < 1.29 is 9.84 Å². The molecule has 1 fully saturated rings. The first kappa shape index (κ1) is 15.0. The molecule has 17 heavy (non-hydrogen) atoms. The van der Waals surface area contributed by atoms with Crippen molar-refractivity contribution in [2.45, 2.75) is 71.8 Å². The molecule has 0 spiro atoms. The second-order valence-corrected chi connectivity index (χ2v) is 6.31. The largest absolute Gasteiger partial charge is 0.393 e. The Hall–Kier alpha value is -0.0800. The van der Waals surface area contributed by atoms with Gasteiger partial charge in [-0.05, 0) is 43.4 Å². The quantitative estimate of drug-likeness (QED) is 0.768. The van der Waals surface area contributed by atoms with E-state index in [-0.39, 0.29) is 12.2 Å². The Morgan fingerprint density at radius 3 is 2.24 bits per heavy atom. The molecule has 0 unspecified atom stereocenters. The van der Waals surface area contributed by atoms with Crippen LogP contribution in [0.4, 0.5) is 0 Å². The molecule has 1 aliphatic carbocycles. The van der Waals surface area contributed by atoms with E-state index in [1.807, 2.05) is 0 Å². The van der Waals surface area contributed by atoms with E-state index in [0.29, 0.717) is 5.41 Å². The van der Waals surface area contributed by atoms with Gasteiger partial charge in [0.2, 0.25) is 0 Å². The number of aliphatic hydroxyl groups excluding tert-OH is 1. The molecule has 1 aliphatic rings. The molecule has 0 heterocycles. The molecule has 1 N–H and O–H groups in total. The summed E-state index contributed by atoms with van der Waals surface area (Å²) in [6.45, 7) is 10.1. The molecular formula is C15H30O2. The van der Waals surface area contributed by atoms with Crippen LogP contribution < -0.4 is 0 Å². The second kappa shape index (κ2) is 6.19.